The smallest absolute Gasteiger partial charge is 0.228 e. The maximum Gasteiger partial charge on any atom is 0.228 e. The molecule has 4 aromatic carbocycles. The number of pyridine rings is 1. The van der Waals surface area contributed by atoms with Crippen molar-refractivity contribution in [3.63, 3.8) is 0 Å². The number of nitrogens with zero attached hydrogens (tertiary/aromatic N) is 1. The van der Waals surface area contributed by atoms with Crippen LogP contribution < -0.4 is 9.30 Å². The van der Waals surface area contributed by atoms with E-state index in [4.69, 9.17) is 4.74 Å². The van der Waals surface area contributed by atoms with E-state index in [0.717, 1.165) is 23.8 Å². The fourth-order valence-corrected chi connectivity index (χ4v) is 7.33. The van der Waals surface area contributed by atoms with Crippen molar-refractivity contribution in [2.75, 3.05) is 0 Å². The number of aromatic nitrogens is 1. The molecule has 1 aliphatic heterocycles. The second-order valence-electron chi connectivity index (χ2n) is 13.0. The normalized spacial score (nSPS) is 15.4. The molecule has 0 bridgehead atoms. The highest BCUT2D eigenvalue weighted by Gasteiger charge is 2.34. The lowest BCUT2D eigenvalue weighted by Gasteiger charge is -2.28. The van der Waals surface area contributed by atoms with Crippen molar-refractivity contribution in [1.82, 2.24) is 0 Å². The molecule has 0 amide bonds. The van der Waals surface area contributed by atoms with Crippen molar-refractivity contribution in [2.24, 2.45) is 18.4 Å². The average molecular weight is 501 g/mol. The lowest BCUT2D eigenvalue weighted by molar-refractivity contribution is -0.659. The summed E-state index contributed by atoms with van der Waals surface area (Å²) < 4.78 is 9.36. The van der Waals surface area contributed by atoms with Gasteiger partial charge in [0.2, 0.25) is 5.69 Å². The molecule has 0 saturated heterocycles. The van der Waals surface area contributed by atoms with E-state index in [1.54, 1.807) is 0 Å². The summed E-state index contributed by atoms with van der Waals surface area (Å²) in [4.78, 5) is 0. The fourth-order valence-electron chi connectivity index (χ4n) is 7.33. The molecule has 0 N–H and O–H groups in total. The van der Waals surface area contributed by atoms with Crippen molar-refractivity contribution in [2.45, 2.75) is 66.2 Å². The van der Waals surface area contributed by atoms with Gasteiger partial charge in [-0.2, -0.15) is 0 Å². The van der Waals surface area contributed by atoms with Crippen LogP contribution in [-0.4, -0.2) is 0 Å². The Morgan fingerprint density at radius 3 is 2.42 bits per heavy atom. The summed E-state index contributed by atoms with van der Waals surface area (Å²) in [6.45, 7) is 9.25. The summed E-state index contributed by atoms with van der Waals surface area (Å²) in [7, 11) is 2.19. The van der Waals surface area contributed by atoms with Gasteiger partial charge >= 0.3 is 0 Å². The molecule has 0 radical (unpaired) electrons. The molecule has 1 aromatic heterocycles. The minimum atomic E-state index is 0.141. The number of ether oxygens (including phenoxy) is 1. The predicted molar refractivity (Wildman–Crippen MR) is 159 cm³/mol. The Bertz CT molecular complexity index is 1750. The maximum absolute atomic E-state index is 7.04. The minimum Gasteiger partial charge on any atom is -0.455 e. The molecule has 2 aliphatic rings. The van der Waals surface area contributed by atoms with E-state index >= 15 is 0 Å². The summed E-state index contributed by atoms with van der Waals surface area (Å²) >= 11 is 0. The van der Waals surface area contributed by atoms with Crippen LogP contribution >= 0.6 is 0 Å². The zero-order valence-corrected chi connectivity index (χ0v) is 23.4. The van der Waals surface area contributed by atoms with Crippen LogP contribution in [0.1, 0.15) is 63.1 Å². The molecule has 2 nitrogen and oxygen atoms in total. The number of benzene rings is 4. The van der Waals surface area contributed by atoms with Crippen LogP contribution in [0.25, 0.3) is 43.6 Å². The van der Waals surface area contributed by atoms with Crippen molar-refractivity contribution in [3.05, 3.63) is 77.5 Å². The third-order valence-electron chi connectivity index (χ3n) is 8.98. The Balaban J connectivity index is 1.57. The molecule has 2 heterocycles. The van der Waals surface area contributed by atoms with Crippen LogP contribution in [0.4, 0.5) is 0 Å². The first-order chi connectivity index (χ1) is 18.3. The molecule has 2 heteroatoms. The number of hydrogen-bond donors (Lipinski definition) is 0. The molecule has 192 valence electrons. The zero-order valence-electron chi connectivity index (χ0n) is 23.4. The van der Waals surface area contributed by atoms with E-state index < -0.39 is 0 Å². The van der Waals surface area contributed by atoms with Crippen LogP contribution in [0.3, 0.4) is 0 Å². The van der Waals surface area contributed by atoms with Gasteiger partial charge < -0.3 is 4.74 Å². The first-order valence-corrected chi connectivity index (χ1v) is 14.4. The van der Waals surface area contributed by atoms with Crippen molar-refractivity contribution in [1.29, 1.82) is 0 Å². The van der Waals surface area contributed by atoms with Gasteiger partial charge in [0, 0.05) is 17.0 Å². The van der Waals surface area contributed by atoms with Crippen LogP contribution in [0.15, 0.2) is 60.8 Å². The summed E-state index contributed by atoms with van der Waals surface area (Å²) in [5.41, 5.74) is 6.82. The van der Waals surface area contributed by atoms with E-state index in [2.05, 4.69) is 100 Å². The van der Waals surface area contributed by atoms with E-state index in [-0.39, 0.29) is 5.41 Å². The van der Waals surface area contributed by atoms with Gasteiger partial charge in [-0.3, -0.25) is 0 Å². The third-order valence-corrected chi connectivity index (χ3v) is 8.98. The van der Waals surface area contributed by atoms with Crippen LogP contribution in [-0.2, 0) is 19.9 Å². The topological polar surface area (TPSA) is 13.1 Å². The van der Waals surface area contributed by atoms with Gasteiger partial charge in [0.1, 0.15) is 18.5 Å². The standard InChI is InChI=1S/C36H38NO/c1-22-26-15-8-9-16-27(26)29(21-36(2,3)4)35-31(22)34-33-28(17-18-37(34)5)32-24(19-23-11-6-7-12-23)13-10-14-25(32)20-30(33)38-35/h8-10,13-18,20,23H,6-7,11-12,19,21H2,1-5H3/q+1. The number of aryl methyl sites for hydroxylation is 2. The van der Waals surface area contributed by atoms with Crippen molar-refractivity contribution in [3.8, 4) is 22.8 Å². The molecule has 7 rings (SSSR count). The van der Waals surface area contributed by atoms with Gasteiger partial charge in [0.25, 0.3) is 0 Å². The van der Waals surface area contributed by atoms with Crippen LogP contribution in [0, 0.1) is 18.3 Å². The minimum absolute atomic E-state index is 0.141. The molecule has 1 saturated carbocycles. The molecular weight excluding hydrogens is 462 g/mol. The summed E-state index contributed by atoms with van der Waals surface area (Å²) in [5, 5.41) is 7.94. The first-order valence-electron chi connectivity index (χ1n) is 14.4. The fraction of sp³-hybridized carbons (Fsp3) is 0.361. The Morgan fingerprint density at radius 2 is 1.66 bits per heavy atom. The van der Waals surface area contributed by atoms with Crippen LogP contribution in [0.2, 0.25) is 0 Å². The molecular formula is C36H38NO+. The Kier molecular flexibility index (Phi) is 5.34. The second-order valence-corrected chi connectivity index (χ2v) is 13.0. The van der Waals surface area contributed by atoms with Gasteiger partial charge in [-0.1, -0.05) is 88.9 Å². The summed E-state index contributed by atoms with van der Waals surface area (Å²) in [6.07, 6.45) is 9.91. The highest BCUT2D eigenvalue weighted by atomic mass is 16.5. The molecule has 0 atom stereocenters. The van der Waals surface area contributed by atoms with Gasteiger partial charge in [0.05, 0.1) is 10.9 Å². The van der Waals surface area contributed by atoms with E-state index in [1.807, 2.05) is 0 Å². The lowest BCUT2D eigenvalue weighted by Crippen LogP contribution is -2.32. The third kappa shape index (κ3) is 3.64. The first kappa shape index (κ1) is 23.7. The summed E-state index contributed by atoms with van der Waals surface area (Å²) in [6, 6.07) is 20.4. The predicted octanol–water partition coefficient (Wildman–Crippen LogP) is 9.37. The molecule has 0 unspecified atom stereocenters. The average Bonchev–Trinajstić information content (AvgIpc) is 3.40. The molecule has 38 heavy (non-hydrogen) atoms. The molecule has 1 aliphatic carbocycles. The Hall–Kier alpha value is -3.39. The maximum atomic E-state index is 7.04. The number of rotatable bonds is 3. The number of hydrogen-bond acceptors (Lipinski definition) is 1. The Morgan fingerprint density at radius 1 is 0.895 bits per heavy atom. The largest absolute Gasteiger partial charge is 0.455 e. The van der Waals surface area contributed by atoms with E-state index in [9.17, 15) is 0 Å². The lowest BCUT2D eigenvalue weighted by atomic mass is 9.81. The Labute approximate surface area is 226 Å². The van der Waals surface area contributed by atoms with E-state index in [1.165, 1.54) is 92.4 Å². The monoisotopic (exact) mass is 500 g/mol. The molecule has 0 spiro atoms. The van der Waals surface area contributed by atoms with E-state index in [0.29, 0.717) is 0 Å². The number of fused-ring (bicyclic) bond motifs is 5. The quantitative estimate of drug-likeness (QED) is 0.174. The van der Waals surface area contributed by atoms with Crippen LogP contribution in [0.5, 0.6) is 11.5 Å². The molecule has 1 fully saturated rings. The van der Waals surface area contributed by atoms with Gasteiger partial charge in [-0.15, -0.1) is 0 Å². The van der Waals surface area contributed by atoms with Crippen molar-refractivity contribution >= 4 is 32.3 Å². The zero-order chi connectivity index (χ0) is 26.2. The summed E-state index contributed by atoms with van der Waals surface area (Å²) in [5.74, 6) is 2.86. The van der Waals surface area contributed by atoms with Gasteiger partial charge in [0.15, 0.2) is 6.20 Å². The molecule has 5 aromatic rings. The highest BCUT2D eigenvalue weighted by Crippen LogP contribution is 2.53. The van der Waals surface area contributed by atoms with Crippen molar-refractivity contribution < 1.29 is 9.30 Å². The van der Waals surface area contributed by atoms with Gasteiger partial charge in [-0.05, 0) is 69.8 Å². The SMILES string of the molecule is Cc1c2c(c(CC(C)(C)C)c3ccccc13)Oc1cc3cccc(CC4CCCC4)c3c3cc[n+](C)c-2c13. The highest BCUT2D eigenvalue weighted by molar-refractivity contribution is 6.17. The van der Waals surface area contributed by atoms with Gasteiger partial charge in [-0.25, -0.2) is 4.57 Å². The second kappa shape index (κ2) is 8.56.